The van der Waals surface area contributed by atoms with Gasteiger partial charge in [-0.05, 0) is 5.92 Å². The average molecular weight is 396 g/mol. The van der Waals surface area contributed by atoms with Crippen LogP contribution < -0.4 is 5.73 Å². The Morgan fingerprint density at radius 3 is 1.11 bits per heavy atom. The van der Waals surface area contributed by atoms with Gasteiger partial charge in [0.25, 0.3) is 0 Å². The summed E-state index contributed by atoms with van der Waals surface area (Å²) < 4.78 is 37.7. The maximum absolute atomic E-state index is 5.50. The second-order valence-electron chi connectivity index (χ2n) is 6.05. The normalized spacial score (nSPS) is 12.6. The molecule has 0 spiro atoms. The third-order valence-corrected chi connectivity index (χ3v) is 3.59. The Morgan fingerprint density at radius 1 is 0.519 bits per heavy atom. The van der Waals surface area contributed by atoms with Crippen LogP contribution in [0.1, 0.15) is 20.3 Å². The fourth-order valence-corrected chi connectivity index (χ4v) is 1.81. The molecule has 0 saturated heterocycles. The molecule has 0 amide bonds. The molecule has 0 radical (unpaired) electrons. The van der Waals surface area contributed by atoms with Crippen LogP contribution in [0.3, 0.4) is 0 Å². The van der Waals surface area contributed by atoms with Crippen molar-refractivity contribution in [2.75, 3.05) is 99.0 Å². The molecule has 0 rings (SSSR count). The first-order valence-electron chi connectivity index (χ1n) is 10.1. The topological polar surface area (TPSA) is 90.6 Å². The van der Waals surface area contributed by atoms with Crippen LogP contribution in [0.15, 0.2) is 0 Å². The fourth-order valence-electron chi connectivity index (χ4n) is 1.81. The van der Waals surface area contributed by atoms with Crippen LogP contribution in [-0.4, -0.2) is 99.0 Å². The average Bonchev–Trinajstić information content (AvgIpc) is 2.68. The minimum absolute atomic E-state index is 0.538. The van der Waals surface area contributed by atoms with Gasteiger partial charge in [0.15, 0.2) is 0 Å². The van der Waals surface area contributed by atoms with E-state index in [2.05, 4.69) is 13.8 Å². The first-order chi connectivity index (χ1) is 13.3. The molecule has 8 nitrogen and oxygen atoms in total. The van der Waals surface area contributed by atoms with Gasteiger partial charge in [-0.15, -0.1) is 0 Å². The summed E-state index contributed by atoms with van der Waals surface area (Å²) in [6, 6.07) is 0. The molecule has 27 heavy (non-hydrogen) atoms. The molecule has 1 atom stereocenters. The highest BCUT2D eigenvalue weighted by Gasteiger charge is 1.98. The molecule has 0 bridgehead atoms. The predicted molar refractivity (Wildman–Crippen MR) is 104 cm³/mol. The Balaban J connectivity index is 2.99. The number of rotatable bonds is 23. The standard InChI is InChI=1S/C19H41NO7/c1-3-19(2)18-27-17-16-26-15-14-25-13-12-24-11-10-23-9-8-22-7-6-21-5-4-20/h19H,3-18,20H2,1-2H3. The summed E-state index contributed by atoms with van der Waals surface area (Å²) in [5.41, 5.74) is 5.31. The molecule has 0 aliphatic heterocycles. The summed E-state index contributed by atoms with van der Waals surface area (Å²) in [4.78, 5) is 0. The van der Waals surface area contributed by atoms with Gasteiger partial charge >= 0.3 is 0 Å². The van der Waals surface area contributed by atoms with E-state index >= 15 is 0 Å². The van der Waals surface area contributed by atoms with E-state index in [1.807, 2.05) is 0 Å². The van der Waals surface area contributed by atoms with Crippen LogP contribution in [-0.2, 0) is 33.2 Å². The molecule has 0 aromatic carbocycles. The third-order valence-electron chi connectivity index (χ3n) is 3.59. The Kier molecular flexibility index (Phi) is 23.4. The smallest absolute Gasteiger partial charge is 0.0701 e. The van der Waals surface area contributed by atoms with E-state index < -0.39 is 0 Å². The highest BCUT2D eigenvalue weighted by Crippen LogP contribution is 1.99. The minimum Gasteiger partial charge on any atom is -0.379 e. The van der Waals surface area contributed by atoms with Gasteiger partial charge < -0.3 is 38.9 Å². The van der Waals surface area contributed by atoms with Gasteiger partial charge in [-0.2, -0.15) is 0 Å². The molecule has 164 valence electrons. The first-order valence-corrected chi connectivity index (χ1v) is 10.1. The lowest BCUT2D eigenvalue weighted by Crippen LogP contribution is -2.15. The molecular weight excluding hydrogens is 354 g/mol. The quantitative estimate of drug-likeness (QED) is 0.257. The van der Waals surface area contributed by atoms with E-state index in [1.54, 1.807) is 0 Å². The van der Waals surface area contributed by atoms with Gasteiger partial charge in [-0.25, -0.2) is 0 Å². The van der Waals surface area contributed by atoms with Crippen molar-refractivity contribution in [3.8, 4) is 0 Å². The van der Waals surface area contributed by atoms with E-state index in [1.165, 1.54) is 0 Å². The second-order valence-corrected chi connectivity index (χ2v) is 6.05. The summed E-state index contributed by atoms with van der Waals surface area (Å²) in [5, 5.41) is 0. The summed E-state index contributed by atoms with van der Waals surface area (Å²) in [6.45, 7) is 13.1. The Labute approximate surface area is 164 Å². The number of hydrogen-bond donors (Lipinski definition) is 1. The maximum Gasteiger partial charge on any atom is 0.0701 e. The minimum atomic E-state index is 0.538. The van der Waals surface area contributed by atoms with Crippen molar-refractivity contribution in [3.63, 3.8) is 0 Å². The Bertz CT molecular complexity index is 272. The SMILES string of the molecule is CCC(C)COCCOCCOCCOCCOCCOCCOCCN. The lowest BCUT2D eigenvalue weighted by atomic mass is 10.1. The summed E-state index contributed by atoms with van der Waals surface area (Å²) in [6.07, 6.45) is 1.14. The highest BCUT2D eigenvalue weighted by molar-refractivity contribution is 4.45. The highest BCUT2D eigenvalue weighted by atomic mass is 16.6. The van der Waals surface area contributed by atoms with Crippen LogP contribution in [0.25, 0.3) is 0 Å². The molecule has 0 fully saturated rings. The van der Waals surface area contributed by atoms with E-state index in [0.29, 0.717) is 98.4 Å². The van der Waals surface area contributed by atoms with Gasteiger partial charge in [-0.1, -0.05) is 20.3 Å². The van der Waals surface area contributed by atoms with E-state index in [9.17, 15) is 0 Å². The zero-order valence-electron chi connectivity index (χ0n) is 17.3. The van der Waals surface area contributed by atoms with Crippen molar-refractivity contribution in [2.24, 2.45) is 11.7 Å². The van der Waals surface area contributed by atoms with E-state index in [-0.39, 0.29) is 0 Å². The monoisotopic (exact) mass is 395 g/mol. The predicted octanol–water partition coefficient (Wildman–Crippen LogP) is 1.11. The molecule has 0 saturated carbocycles. The number of ether oxygens (including phenoxy) is 7. The summed E-state index contributed by atoms with van der Waals surface area (Å²) >= 11 is 0. The molecule has 0 heterocycles. The van der Waals surface area contributed by atoms with Crippen molar-refractivity contribution in [3.05, 3.63) is 0 Å². The molecule has 0 aliphatic rings. The number of nitrogens with two attached hydrogens (primary N) is 1. The zero-order valence-corrected chi connectivity index (χ0v) is 17.3. The van der Waals surface area contributed by atoms with Crippen molar-refractivity contribution >= 4 is 0 Å². The van der Waals surface area contributed by atoms with Crippen LogP contribution in [0.4, 0.5) is 0 Å². The molecular formula is C19H41NO7. The molecule has 2 N–H and O–H groups in total. The second kappa shape index (κ2) is 23.7. The lowest BCUT2D eigenvalue weighted by molar-refractivity contribution is -0.0212. The summed E-state index contributed by atoms with van der Waals surface area (Å²) in [7, 11) is 0. The van der Waals surface area contributed by atoms with Crippen LogP contribution in [0.5, 0.6) is 0 Å². The van der Waals surface area contributed by atoms with Gasteiger partial charge in [0.1, 0.15) is 0 Å². The molecule has 1 unspecified atom stereocenters. The maximum atomic E-state index is 5.50. The molecule has 0 aromatic rings. The molecule has 0 aromatic heterocycles. The van der Waals surface area contributed by atoms with Crippen molar-refractivity contribution < 1.29 is 33.2 Å². The van der Waals surface area contributed by atoms with Gasteiger partial charge in [0, 0.05) is 13.2 Å². The van der Waals surface area contributed by atoms with Crippen LogP contribution in [0, 0.1) is 5.92 Å². The first kappa shape index (κ1) is 26.7. The van der Waals surface area contributed by atoms with Gasteiger partial charge in [0.2, 0.25) is 0 Å². The zero-order chi connectivity index (χ0) is 19.8. The van der Waals surface area contributed by atoms with Gasteiger partial charge in [0.05, 0.1) is 85.9 Å². The summed E-state index contributed by atoms with van der Waals surface area (Å²) in [5.74, 6) is 0.610. The molecule has 0 aliphatic carbocycles. The fraction of sp³-hybridized carbons (Fsp3) is 1.00. The van der Waals surface area contributed by atoms with E-state index in [4.69, 9.17) is 38.9 Å². The van der Waals surface area contributed by atoms with Crippen LogP contribution in [0.2, 0.25) is 0 Å². The van der Waals surface area contributed by atoms with Crippen molar-refractivity contribution in [1.82, 2.24) is 0 Å². The van der Waals surface area contributed by atoms with Gasteiger partial charge in [-0.3, -0.25) is 0 Å². The van der Waals surface area contributed by atoms with Crippen LogP contribution >= 0.6 is 0 Å². The van der Waals surface area contributed by atoms with E-state index in [0.717, 1.165) is 13.0 Å². The van der Waals surface area contributed by atoms with Crippen molar-refractivity contribution in [2.45, 2.75) is 20.3 Å². The molecule has 8 heteroatoms. The number of hydrogen-bond acceptors (Lipinski definition) is 8. The van der Waals surface area contributed by atoms with Crippen molar-refractivity contribution in [1.29, 1.82) is 0 Å². The Hall–Kier alpha value is -0.320. The third kappa shape index (κ3) is 23.6. The lowest BCUT2D eigenvalue weighted by Gasteiger charge is -2.10. The Morgan fingerprint density at radius 2 is 0.815 bits per heavy atom. The largest absolute Gasteiger partial charge is 0.379 e.